The fourth-order valence-corrected chi connectivity index (χ4v) is 3.21. The van der Waals surface area contributed by atoms with Crippen molar-refractivity contribution in [1.82, 2.24) is 14.4 Å². The Bertz CT molecular complexity index is 807. The number of unbranched alkanes of at least 4 members (excludes halogenated alkanes) is 1. The van der Waals surface area contributed by atoms with Crippen LogP contribution in [0.3, 0.4) is 0 Å². The number of aryl methyl sites for hydroxylation is 1. The SMILES string of the molecule is CCCCN(CC(=O)N(CCOC)Cc1cccn1C)C(=O)Nc1ccc(Br)cc1. The Morgan fingerprint density at radius 1 is 1.13 bits per heavy atom. The number of urea groups is 1. The number of methoxy groups -OCH3 is 1. The minimum absolute atomic E-state index is 0.0243. The van der Waals surface area contributed by atoms with Gasteiger partial charge in [-0.25, -0.2) is 4.79 Å². The zero-order valence-electron chi connectivity index (χ0n) is 17.9. The zero-order chi connectivity index (χ0) is 21.9. The van der Waals surface area contributed by atoms with Crippen molar-refractivity contribution in [2.24, 2.45) is 7.05 Å². The number of carbonyl (C=O) groups excluding carboxylic acids is 2. The maximum Gasteiger partial charge on any atom is 0.322 e. The summed E-state index contributed by atoms with van der Waals surface area (Å²) in [6.07, 6.45) is 3.72. The summed E-state index contributed by atoms with van der Waals surface area (Å²) < 4.78 is 8.11. The van der Waals surface area contributed by atoms with E-state index in [9.17, 15) is 9.59 Å². The first-order valence-electron chi connectivity index (χ1n) is 10.1. The van der Waals surface area contributed by atoms with Crippen LogP contribution in [0.5, 0.6) is 0 Å². The zero-order valence-corrected chi connectivity index (χ0v) is 19.5. The number of aromatic nitrogens is 1. The highest BCUT2D eigenvalue weighted by molar-refractivity contribution is 9.10. The maximum absolute atomic E-state index is 13.1. The molecule has 0 aliphatic carbocycles. The van der Waals surface area contributed by atoms with E-state index in [0.29, 0.717) is 31.9 Å². The van der Waals surface area contributed by atoms with Crippen LogP contribution in [0, 0.1) is 0 Å². The lowest BCUT2D eigenvalue weighted by molar-refractivity contribution is -0.133. The number of hydrogen-bond donors (Lipinski definition) is 1. The summed E-state index contributed by atoms with van der Waals surface area (Å²) in [5, 5.41) is 2.89. The minimum atomic E-state index is -0.273. The molecule has 0 atom stereocenters. The second-order valence-corrected chi connectivity index (χ2v) is 8.05. The van der Waals surface area contributed by atoms with Gasteiger partial charge in [-0.15, -0.1) is 0 Å². The lowest BCUT2D eigenvalue weighted by Crippen LogP contribution is -2.45. The summed E-state index contributed by atoms with van der Waals surface area (Å²) in [4.78, 5) is 29.3. The Kier molecular flexibility index (Phi) is 9.89. The van der Waals surface area contributed by atoms with Gasteiger partial charge in [0.15, 0.2) is 0 Å². The van der Waals surface area contributed by atoms with Gasteiger partial charge in [0, 0.05) is 49.3 Å². The van der Waals surface area contributed by atoms with Crippen molar-refractivity contribution in [3.63, 3.8) is 0 Å². The molecule has 1 aromatic heterocycles. The first-order valence-corrected chi connectivity index (χ1v) is 10.9. The van der Waals surface area contributed by atoms with Crippen LogP contribution in [0.25, 0.3) is 0 Å². The van der Waals surface area contributed by atoms with E-state index < -0.39 is 0 Å². The quantitative estimate of drug-likeness (QED) is 0.528. The third-order valence-corrected chi connectivity index (χ3v) is 5.34. The van der Waals surface area contributed by atoms with Gasteiger partial charge in [-0.3, -0.25) is 4.79 Å². The number of benzene rings is 1. The third kappa shape index (κ3) is 7.50. The molecule has 2 aromatic rings. The van der Waals surface area contributed by atoms with E-state index in [4.69, 9.17) is 4.74 Å². The number of nitrogens with one attached hydrogen (secondary N) is 1. The molecule has 0 unspecified atom stereocenters. The fourth-order valence-electron chi connectivity index (χ4n) is 2.95. The first kappa shape index (κ1) is 24.0. The van der Waals surface area contributed by atoms with Crippen molar-refractivity contribution in [3.8, 4) is 0 Å². The molecule has 0 fully saturated rings. The number of halogens is 1. The molecule has 8 heteroatoms. The van der Waals surface area contributed by atoms with Gasteiger partial charge >= 0.3 is 6.03 Å². The molecule has 0 aliphatic heterocycles. The number of ether oxygens (including phenoxy) is 1. The van der Waals surface area contributed by atoms with Crippen LogP contribution >= 0.6 is 15.9 Å². The van der Waals surface area contributed by atoms with Crippen molar-refractivity contribution in [2.45, 2.75) is 26.3 Å². The van der Waals surface area contributed by atoms with Gasteiger partial charge in [0.2, 0.25) is 5.91 Å². The monoisotopic (exact) mass is 478 g/mol. The molecule has 0 spiro atoms. The molecular weight excluding hydrogens is 448 g/mol. The van der Waals surface area contributed by atoms with Crippen LogP contribution in [0.2, 0.25) is 0 Å². The van der Waals surface area contributed by atoms with Crippen molar-refractivity contribution >= 4 is 33.6 Å². The summed E-state index contributed by atoms with van der Waals surface area (Å²) in [5.41, 5.74) is 1.72. The van der Waals surface area contributed by atoms with E-state index in [0.717, 1.165) is 23.0 Å². The highest BCUT2D eigenvalue weighted by Gasteiger charge is 2.22. The Balaban J connectivity index is 2.08. The van der Waals surface area contributed by atoms with Crippen molar-refractivity contribution in [2.75, 3.05) is 38.7 Å². The standard InChI is InChI=1S/C22H31BrN4O3/c1-4-5-13-27(22(29)24-19-10-8-18(23)9-11-19)17-21(28)26(14-15-30-3)16-20-7-6-12-25(20)2/h6-12H,4-5,13-17H2,1-3H3,(H,24,29). The molecule has 1 aromatic carbocycles. The molecule has 0 radical (unpaired) electrons. The summed E-state index contributed by atoms with van der Waals surface area (Å²) in [7, 11) is 3.57. The minimum Gasteiger partial charge on any atom is -0.383 e. The number of carbonyl (C=O) groups is 2. The smallest absolute Gasteiger partial charge is 0.322 e. The number of anilines is 1. The lowest BCUT2D eigenvalue weighted by Gasteiger charge is -2.28. The largest absolute Gasteiger partial charge is 0.383 e. The van der Waals surface area contributed by atoms with Crippen LogP contribution in [0.1, 0.15) is 25.5 Å². The first-order chi connectivity index (χ1) is 14.4. The van der Waals surface area contributed by atoms with Crippen molar-refractivity contribution < 1.29 is 14.3 Å². The molecule has 0 saturated heterocycles. The van der Waals surface area contributed by atoms with E-state index in [1.54, 1.807) is 16.9 Å². The summed E-state index contributed by atoms with van der Waals surface area (Å²) in [5.74, 6) is -0.102. The fraction of sp³-hybridized carbons (Fsp3) is 0.455. The molecule has 0 aliphatic rings. The number of nitrogens with zero attached hydrogens (tertiary/aromatic N) is 3. The molecule has 164 valence electrons. The van der Waals surface area contributed by atoms with Gasteiger partial charge in [-0.1, -0.05) is 29.3 Å². The average molecular weight is 479 g/mol. The van der Waals surface area contributed by atoms with Crippen LogP contribution in [0.15, 0.2) is 47.1 Å². The van der Waals surface area contributed by atoms with E-state index in [1.165, 1.54) is 0 Å². The van der Waals surface area contributed by atoms with Gasteiger partial charge in [-0.05, 0) is 42.8 Å². The summed E-state index contributed by atoms with van der Waals surface area (Å²) >= 11 is 3.39. The molecule has 1 N–H and O–H groups in total. The topological polar surface area (TPSA) is 66.8 Å². The van der Waals surface area contributed by atoms with Crippen molar-refractivity contribution in [1.29, 1.82) is 0 Å². The van der Waals surface area contributed by atoms with Gasteiger partial charge in [0.05, 0.1) is 13.2 Å². The van der Waals surface area contributed by atoms with Gasteiger partial charge in [-0.2, -0.15) is 0 Å². The Labute approximate surface area is 187 Å². The van der Waals surface area contributed by atoms with Gasteiger partial charge in [0.1, 0.15) is 6.54 Å². The Morgan fingerprint density at radius 2 is 1.87 bits per heavy atom. The normalized spacial score (nSPS) is 10.7. The molecule has 1 heterocycles. The van der Waals surface area contributed by atoms with E-state index in [-0.39, 0.29) is 18.5 Å². The van der Waals surface area contributed by atoms with Crippen LogP contribution in [0.4, 0.5) is 10.5 Å². The summed E-state index contributed by atoms with van der Waals surface area (Å²) in [6.45, 7) is 3.99. The molecular formula is C22H31BrN4O3. The number of rotatable bonds is 11. The van der Waals surface area contributed by atoms with Gasteiger partial charge < -0.3 is 24.4 Å². The Hall–Kier alpha value is -2.32. The predicted octanol–water partition coefficient (Wildman–Crippen LogP) is 4.10. The average Bonchev–Trinajstić information content (AvgIpc) is 3.14. The van der Waals surface area contributed by atoms with E-state index in [2.05, 4.69) is 28.2 Å². The van der Waals surface area contributed by atoms with E-state index in [1.807, 2.05) is 54.2 Å². The molecule has 0 saturated carbocycles. The third-order valence-electron chi connectivity index (χ3n) is 4.81. The number of hydrogen-bond acceptors (Lipinski definition) is 3. The van der Waals surface area contributed by atoms with Crippen LogP contribution < -0.4 is 5.32 Å². The van der Waals surface area contributed by atoms with Crippen LogP contribution in [-0.4, -0.2) is 59.7 Å². The molecule has 30 heavy (non-hydrogen) atoms. The Morgan fingerprint density at radius 3 is 2.47 bits per heavy atom. The highest BCUT2D eigenvalue weighted by Crippen LogP contribution is 2.15. The molecule has 7 nitrogen and oxygen atoms in total. The molecule has 3 amide bonds. The highest BCUT2D eigenvalue weighted by atomic mass is 79.9. The second kappa shape index (κ2) is 12.4. The summed E-state index contributed by atoms with van der Waals surface area (Å²) in [6, 6.07) is 11.0. The van der Waals surface area contributed by atoms with Crippen molar-refractivity contribution in [3.05, 3.63) is 52.8 Å². The lowest BCUT2D eigenvalue weighted by atomic mass is 10.3. The van der Waals surface area contributed by atoms with Crippen LogP contribution in [-0.2, 0) is 23.1 Å². The number of amides is 3. The van der Waals surface area contributed by atoms with Gasteiger partial charge in [0.25, 0.3) is 0 Å². The van der Waals surface area contributed by atoms with E-state index >= 15 is 0 Å². The molecule has 2 rings (SSSR count). The molecule has 0 bridgehead atoms. The predicted molar refractivity (Wildman–Crippen MR) is 122 cm³/mol. The maximum atomic E-state index is 13.1. The second-order valence-electron chi connectivity index (χ2n) is 7.13.